The topological polar surface area (TPSA) is 15.3 Å². The molecule has 0 amide bonds. The average Bonchev–Trinajstić information content (AvgIpc) is 2.90. The average molecular weight is 282 g/mol. The van der Waals surface area contributed by atoms with Crippen molar-refractivity contribution < 1.29 is 8.78 Å². The highest BCUT2D eigenvalue weighted by Gasteiger charge is 2.24. The van der Waals surface area contributed by atoms with Crippen molar-refractivity contribution in [2.75, 3.05) is 19.6 Å². The first-order valence-electron chi connectivity index (χ1n) is 7.47. The quantitative estimate of drug-likeness (QED) is 0.862. The third kappa shape index (κ3) is 3.76. The molecule has 1 atom stereocenters. The third-order valence-corrected chi connectivity index (χ3v) is 4.10. The van der Waals surface area contributed by atoms with Gasteiger partial charge in [-0.15, -0.1) is 0 Å². The molecular formula is C16H24F2N2. The Labute approximate surface area is 120 Å². The number of halogens is 2. The molecule has 2 nitrogen and oxygen atoms in total. The van der Waals surface area contributed by atoms with E-state index in [-0.39, 0.29) is 12.1 Å². The maximum absolute atomic E-state index is 13.5. The van der Waals surface area contributed by atoms with Crippen molar-refractivity contribution in [1.82, 2.24) is 10.2 Å². The van der Waals surface area contributed by atoms with Crippen LogP contribution in [0.5, 0.6) is 0 Å². The summed E-state index contributed by atoms with van der Waals surface area (Å²) >= 11 is 0. The Hall–Kier alpha value is -1.00. The van der Waals surface area contributed by atoms with Crippen molar-refractivity contribution in [3.05, 3.63) is 35.4 Å². The number of likely N-dealkylation sites (tertiary alicyclic amines) is 1. The normalized spacial score (nSPS) is 17.9. The molecule has 112 valence electrons. The molecule has 1 aliphatic heterocycles. The Morgan fingerprint density at radius 2 is 1.75 bits per heavy atom. The molecule has 20 heavy (non-hydrogen) atoms. The maximum Gasteiger partial charge on any atom is 0.130 e. The minimum absolute atomic E-state index is 0.136. The van der Waals surface area contributed by atoms with Gasteiger partial charge >= 0.3 is 0 Å². The Kier molecular flexibility index (Phi) is 5.49. The van der Waals surface area contributed by atoms with Crippen LogP contribution in [0.2, 0.25) is 0 Å². The summed E-state index contributed by atoms with van der Waals surface area (Å²) < 4.78 is 27.1. The molecule has 1 N–H and O–H groups in total. The van der Waals surface area contributed by atoms with Crippen LogP contribution in [0, 0.1) is 17.6 Å². The van der Waals surface area contributed by atoms with E-state index < -0.39 is 11.6 Å². The lowest BCUT2D eigenvalue weighted by Crippen LogP contribution is -2.44. The first kappa shape index (κ1) is 15.4. The zero-order valence-corrected chi connectivity index (χ0v) is 12.3. The number of hydrogen-bond donors (Lipinski definition) is 1. The van der Waals surface area contributed by atoms with E-state index in [1.54, 1.807) is 0 Å². The molecule has 4 heteroatoms. The highest BCUT2D eigenvalue weighted by molar-refractivity contribution is 5.19. The number of hydrogen-bond acceptors (Lipinski definition) is 2. The molecule has 1 heterocycles. The van der Waals surface area contributed by atoms with Crippen molar-refractivity contribution in [2.24, 2.45) is 5.92 Å². The molecule has 1 saturated heterocycles. The summed E-state index contributed by atoms with van der Waals surface area (Å²) in [6.45, 7) is 7.70. The monoisotopic (exact) mass is 282 g/mol. The number of rotatable bonds is 6. The Morgan fingerprint density at radius 1 is 1.15 bits per heavy atom. The number of nitrogens with one attached hydrogen (secondary N) is 1. The van der Waals surface area contributed by atoms with Crippen molar-refractivity contribution in [2.45, 2.75) is 39.3 Å². The maximum atomic E-state index is 13.5. The lowest BCUT2D eigenvalue weighted by atomic mass is 10.0. The smallest absolute Gasteiger partial charge is 0.130 e. The summed E-state index contributed by atoms with van der Waals surface area (Å²) in [5.74, 6) is -0.411. The van der Waals surface area contributed by atoms with Gasteiger partial charge in [0.2, 0.25) is 0 Å². The zero-order chi connectivity index (χ0) is 14.5. The predicted molar refractivity (Wildman–Crippen MR) is 77.5 cm³/mol. The van der Waals surface area contributed by atoms with Crippen LogP contribution in [0.4, 0.5) is 8.78 Å². The lowest BCUT2D eigenvalue weighted by Gasteiger charge is -2.31. The molecule has 0 spiro atoms. The van der Waals surface area contributed by atoms with Gasteiger partial charge in [-0.05, 0) is 44.0 Å². The lowest BCUT2D eigenvalue weighted by molar-refractivity contribution is 0.186. The summed E-state index contributed by atoms with van der Waals surface area (Å²) in [5, 5.41) is 3.22. The molecule has 1 aromatic rings. The largest absolute Gasteiger partial charge is 0.311 e. The van der Waals surface area contributed by atoms with Crippen LogP contribution in [-0.4, -0.2) is 30.6 Å². The van der Waals surface area contributed by atoms with E-state index in [0.717, 1.165) is 19.6 Å². The second-order valence-corrected chi connectivity index (χ2v) is 5.89. The second-order valence-electron chi connectivity index (χ2n) is 5.89. The second kappa shape index (κ2) is 7.14. The van der Waals surface area contributed by atoms with E-state index in [2.05, 4.69) is 24.1 Å². The van der Waals surface area contributed by atoms with Crippen LogP contribution < -0.4 is 5.32 Å². The van der Waals surface area contributed by atoms with Gasteiger partial charge in [0.05, 0.1) is 0 Å². The number of benzene rings is 1. The fraction of sp³-hybridized carbons (Fsp3) is 0.625. The first-order chi connectivity index (χ1) is 9.59. The van der Waals surface area contributed by atoms with Gasteiger partial charge in [0.1, 0.15) is 11.6 Å². The summed E-state index contributed by atoms with van der Waals surface area (Å²) in [6.07, 6.45) is 2.51. The molecule has 1 aromatic carbocycles. The molecule has 0 bridgehead atoms. The summed E-state index contributed by atoms with van der Waals surface area (Å²) in [6, 6.07) is 4.45. The van der Waals surface area contributed by atoms with Crippen LogP contribution >= 0.6 is 0 Å². The van der Waals surface area contributed by atoms with Crippen LogP contribution in [0.25, 0.3) is 0 Å². The Morgan fingerprint density at radius 3 is 2.30 bits per heavy atom. The highest BCUT2D eigenvalue weighted by atomic mass is 19.1. The van der Waals surface area contributed by atoms with Crippen LogP contribution in [0.15, 0.2) is 18.2 Å². The van der Waals surface area contributed by atoms with Gasteiger partial charge in [0.15, 0.2) is 0 Å². The van der Waals surface area contributed by atoms with Crippen molar-refractivity contribution in [1.29, 1.82) is 0 Å². The fourth-order valence-corrected chi connectivity index (χ4v) is 2.91. The molecule has 0 aromatic heterocycles. The van der Waals surface area contributed by atoms with Crippen molar-refractivity contribution in [3.63, 3.8) is 0 Å². The number of nitrogens with zero attached hydrogens (tertiary/aromatic N) is 1. The van der Waals surface area contributed by atoms with E-state index in [1.807, 2.05) is 0 Å². The van der Waals surface area contributed by atoms with Gasteiger partial charge in [0.25, 0.3) is 0 Å². The van der Waals surface area contributed by atoms with E-state index >= 15 is 0 Å². The third-order valence-electron chi connectivity index (χ3n) is 4.10. The van der Waals surface area contributed by atoms with Gasteiger partial charge in [-0.2, -0.15) is 0 Å². The van der Waals surface area contributed by atoms with Crippen LogP contribution in [0.1, 0.15) is 32.3 Å². The predicted octanol–water partition coefficient (Wildman–Crippen LogP) is 3.17. The highest BCUT2D eigenvalue weighted by Crippen LogP contribution is 2.17. The molecule has 2 rings (SSSR count). The van der Waals surface area contributed by atoms with Gasteiger partial charge in [-0.25, -0.2) is 8.78 Å². The van der Waals surface area contributed by atoms with Gasteiger partial charge in [0, 0.05) is 24.7 Å². The Bertz CT molecular complexity index is 408. The first-order valence-corrected chi connectivity index (χ1v) is 7.47. The molecule has 0 radical (unpaired) electrons. The molecule has 0 saturated carbocycles. The van der Waals surface area contributed by atoms with E-state index in [4.69, 9.17) is 0 Å². The summed E-state index contributed by atoms with van der Waals surface area (Å²) in [5.41, 5.74) is 0.136. The summed E-state index contributed by atoms with van der Waals surface area (Å²) in [7, 11) is 0. The van der Waals surface area contributed by atoms with Crippen LogP contribution in [-0.2, 0) is 6.54 Å². The zero-order valence-electron chi connectivity index (χ0n) is 12.3. The summed E-state index contributed by atoms with van der Waals surface area (Å²) in [4.78, 5) is 2.48. The van der Waals surface area contributed by atoms with Gasteiger partial charge in [-0.3, -0.25) is 4.90 Å². The van der Waals surface area contributed by atoms with E-state index in [0.29, 0.717) is 12.0 Å². The van der Waals surface area contributed by atoms with Crippen molar-refractivity contribution >= 4 is 0 Å². The Balaban J connectivity index is 1.90. The van der Waals surface area contributed by atoms with E-state index in [1.165, 1.54) is 31.0 Å². The fourth-order valence-electron chi connectivity index (χ4n) is 2.91. The molecule has 1 fully saturated rings. The van der Waals surface area contributed by atoms with Crippen LogP contribution in [0.3, 0.4) is 0 Å². The minimum Gasteiger partial charge on any atom is -0.311 e. The molecular weight excluding hydrogens is 258 g/mol. The van der Waals surface area contributed by atoms with Gasteiger partial charge in [-0.1, -0.05) is 19.9 Å². The minimum atomic E-state index is -0.472. The molecule has 0 aliphatic carbocycles. The van der Waals surface area contributed by atoms with Gasteiger partial charge < -0.3 is 5.32 Å². The SMILES string of the molecule is CC(C)C(CNCc1c(F)cccc1F)N1CCCC1. The molecule has 1 aliphatic rings. The van der Waals surface area contributed by atoms with E-state index in [9.17, 15) is 8.78 Å². The van der Waals surface area contributed by atoms with Crippen molar-refractivity contribution in [3.8, 4) is 0 Å². The molecule has 1 unspecified atom stereocenters. The standard InChI is InChI=1S/C16H24F2N2/c1-12(2)16(20-8-3-4-9-20)11-19-10-13-14(17)6-5-7-15(13)18/h5-7,12,16,19H,3-4,8-11H2,1-2H3.